The number of hydrogen-bond acceptors (Lipinski definition) is 0. The van der Waals surface area contributed by atoms with Crippen molar-refractivity contribution in [2.24, 2.45) is 11.3 Å². The maximum Gasteiger partial charge on any atom is 0.394 e. The van der Waals surface area contributed by atoms with E-state index >= 15 is 0 Å². The number of alkyl halides is 3. The summed E-state index contributed by atoms with van der Waals surface area (Å²) in [5, 5.41) is 0. The van der Waals surface area contributed by atoms with Crippen LogP contribution < -0.4 is 0 Å². The number of allylic oxidation sites excluding steroid dienone is 2. The quantitative estimate of drug-likeness (QED) is 0.510. The standard InChI is InChI=1S/C10H15F3/c1-7-4-5-9(3,6-8(7)2)10(11,12)13/h4,8H,5-6H2,1-3H3/t8-,9?/m1/s1. The second kappa shape index (κ2) is 3.03. The average molecular weight is 192 g/mol. The molecule has 0 aromatic carbocycles. The molecule has 1 rings (SSSR count). The molecule has 76 valence electrons. The van der Waals surface area contributed by atoms with E-state index in [0.717, 1.165) is 5.57 Å². The van der Waals surface area contributed by atoms with E-state index in [1.807, 2.05) is 13.8 Å². The van der Waals surface area contributed by atoms with Crippen molar-refractivity contribution in [1.29, 1.82) is 0 Å². The molecule has 0 N–H and O–H groups in total. The second-order valence-electron chi connectivity index (χ2n) is 4.32. The summed E-state index contributed by atoms with van der Waals surface area (Å²) >= 11 is 0. The zero-order valence-electron chi connectivity index (χ0n) is 8.20. The highest BCUT2D eigenvalue weighted by atomic mass is 19.4. The lowest BCUT2D eigenvalue weighted by Crippen LogP contribution is -2.38. The summed E-state index contributed by atoms with van der Waals surface area (Å²) in [5.41, 5.74) is -0.423. The van der Waals surface area contributed by atoms with Gasteiger partial charge in [-0.25, -0.2) is 0 Å². The first-order chi connectivity index (χ1) is 5.76. The second-order valence-corrected chi connectivity index (χ2v) is 4.32. The van der Waals surface area contributed by atoms with Crippen LogP contribution in [0, 0.1) is 11.3 Å². The van der Waals surface area contributed by atoms with Crippen LogP contribution in [0.3, 0.4) is 0 Å². The van der Waals surface area contributed by atoms with E-state index in [1.165, 1.54) is 6.92 Å². The lowest BCUT2D eigenvalue weighted by molar-refractivity contribution is -0.223. The van der Waals surface area contributed by atoms with Crippen LogP contribution in [-0.2, 0) is 0 Å². The van der Waals surface area contributed by atoms with Gasteiger partial charge in [0.1, 0.15) is 0 Å². The molecule has 0 aromatic rings. The number of hydrogen-bond donors (Lipinski definition) is 0. The van der Waals surface area contributed by atoms with Gasteiger partial charge in [-0.1, -0.05) is 25.5 Å². The summed E-state index contributed by atoms with van der Waals surface area (Å²) < 4.78 is 37.8. The van der Waals surface area contributed by atoms with Gasteiger partial charge < -0.3 is 0 Å². The summed E-state index contributed by atoms with van der Waals surface area (Å²) in [6, 6.07) is 0. The van der Waals surface area contributed by atoms with Crippen molar-refractivity contribution in [3.8, 4) is 0 Å². The van der Waals surface area contributed by atoms with Gasteiger partial charge in [-0.05, 0) is 25.7 Å². The molecule has 0 aliphatic heterocycles. The SMILES string of the molecule is CC1=CCC(C)(C(F)(F)F)C[C@H]1C. The average Bonchev–Trinajstić information content (AvgIpc) is 1.95. The van der Waals surface area contributed by atoms with Crippen LogP contribution in [0.15, 0.2) is 11.6 Å². The molecule has 0 nitrogen and oxygen atoms in total. The van der Waals surface area contributed by atoms with Crippen molar-refractivity contribution in [3.63, 3.8) is 0 Å². The molecule has 0 aromatic heterocycles. The molecular weight excluding hydrogens is 177 g/mol. The van der Waals surface area contributed by atoms with E-state index < -0.39 is 11.6 Å². The first kappa shape index (κ1) is 10.6. The summed E-state index contributed by atoms with van der Waals surface area (Å²) in [6.45, 7) is 5.07. The van der Waals surface area contributed by atoms with Crippen LogP contribution in [0.25, 0.3) is 0 Å². The van der Waals surface area contributed by atoms with Gasteiger partial charge in [-0.3, -0.25) is 0 Å². The molecule has 0 bridgehead atoms. The summed E-state index contributed by atoms with van der Waals surface area (Å²) in [6.07, 6.45) is -1.99. The fourth-order valence-electron chi connectivity index (χ4n) is 1.74. The van der Waals surface area contributed by atoms with Gasteiger partial charge in [-0.2, -0.15) is 13.2 Å². The van der Waals surface area contributed by atoms with Gasteiger partial charge >= 0.3 is 6.18 Å². The maximum atomic E-state index is 12.6. The van der Waals surface area contributed by atoms with Crippen LogP contribution in [-0.4, -0.2) is 6.18 Å². The minimum atomic E-state index is -4.07. The zero-order valence-corrected chi connectivity index (χ0v) is 8.20. The first-order valence-corrected chi connectivity index (χ1v) is 4.50. The first-order valence-electron chi connectivity index (χ1n) is 4.50. The van der Waals surface area contributed by atoms with E-state index in [4.69, 9.17) is 0 Å². The van der Waals surface area contributed by atoms with Gasteiger partial charge in [0.05, 0.1) is 5.41 Å². The third-order valence-corrected chi connectivity index (χ3v) is 3.09. The Labute approximate surface area is 76.8 Å². The molecular formula is C10H15F3. The van der Waals surface area contributed by atoms with Crippen LogP contribution in [0.2, 0.25) is 0 Å². The Morgan fingerprint density at radius 2 is 2.00 bits per heavy atom. The number of halogens is 3. The van der Waals surface area contributed by atoms with Crippen LogP contribution in [0.1, 0.15) is 33.6 Å². The molecule has 0 amide bonds. The molecule has 0 radical (unpaired) electrons. The van der Waals surface area contributed by atoms with E-state index in [0.29, 0.717) is 0 Å². The molecule has 0 spiro atoms. The topological polar surface area (TPSA) is 0 Å². The zero-order chi connectivity index (χ0) is 10.3. The molecule has 0 heterocycles. The summed E-state index contributed by atoms with van der Waals surface area (Å²) in [7, 11) is 0. The van der Waals surface area contributed by atoms with Gasteiger partial charge in [0.15, 0.2) is 0 Å². The highest BCUT2D eigenvalue weighted by Gasteiger charge is 2.51. The highest BCUT2D eigenvalue weighted by Crippen LogP contribution is 2.49. The van der Waals surface area contributed by atoms with E-state index in [-0.39, 0.29) is 18.8 Å². The fraction of sp³-hybridized carbons (Fsp3) is 0.800. The van der Waals surface area contributed by atoms with Crippen LogP contribution in [0.5, 0.6) is 0 Å². The maximum absolute atomic E-state index is 12.6. The Balaban J connectivity index is 2.87. The Morgan fingerprint density at radius 3 is 2.38 bits per heavy atom. The van der Waals surface area contributed by atoms with Gasteiger partial charge in [0.2, 0.25) is 0 Å². The fourth-order valence-corrected chi connectivity index (χ4v) is 1.74. The van der Waals surface area contributed by atoms with Crippen LogP contribution >= 0.6 is 0 Å². The molecule has 0 saturated heterocycles. The molecule has 1 aliphatic rings. The minimum Gasteiger partial charge on any atom is -0.171 e. The van der Waals surface area contributed by atoms with E-state index in [2.05, 4.69) is 0 Å². The Kier molecular flexibility index (Phi) is 2.48. The van der Waals surface area contributed by atoms with Crippen molar-refractivity contribution >= 4 is 0 Å². The van der Waals surface area contributed by atoms with Crippen molar-refractivity contribution in [3.05, 3.63) is 11.6 Å². The Hall–Kier alpha value is -0.470. The predicted molar refractivity (Wildman–Crippen MR) is 46.3 cm³/mol. The monoisotopic (exact) mass is 192 g/mol. The third-order valence-electron chi connectivity index (χ3n) is 3.09. The van der Waals surface area contributed by atoms with Crippen molar-refractivity contribution in [2.45, 2.75) is 39.8 Å². The van der Waals surface area contributed by atoms with Crippen molar-refractivity contribution in [2.75, 3.05) is 0 Å². The summed E-state index contributed by atoms with van der Waals surface area (Å²) in [5.74, 6) is 0.0559. The molecule has 0 fully saturated rings. The lowest BCUT2D eigenvalue weighted by atomic mass is 9.72. The molecule has 0 saturated carbocycles. The summed E-state index contributed by atoms with van der Waals surface area (Å²) in [4.78, 5) is 0. The predicted octanol–water partition coefficient (Wildman–Crippen LogP) is 3.93. The van der Waals surface area contributed by atoms with E-state index in [1.54, 1.807) is 6.08 Å². The third kappa shape index (κ3) is 1.89. The van der Waals surface area contributed by atoms with Gasteiger partial charge in [-0.15, -0.1) is 0 Å². The van der Waals surface area contributed by atoms with Crippen LogP contribution in [0.4, 0.5) is 13.2 Å². The molecule has 3 heteroatoms. The Morgan fingerprint density at radius 1 is 1.46 bits per heavy atom. The molecule has 13 heavy (non-hydrogen) atoms. The molecule has 1 aliphatic carbocycles. The van der Waals surface area contributed by atoms with Crippen molar-refractivity contribution in [1.82, 2.24) is 0 Å². The highest BCUT2D eigenvalue weighted by molar-refractivity contribution is 5.11. The Bertz CT molecular complexity index is 227. The molecule has 1 unspecified atom stereocenters. The van der Waals surface area contributed by atoms with Gasteiger partial charge in [0.25, 0.3) is 0 Å². The van der Waals surface area contributed by atoms with E-state index in [9.17, 15) is 13.2 Å². The molecule has 2 atom stereocenters. The smallest absolute Gasteiger partial charge is 0.171 e. The normalized spacial score (nSPS) is 35.8. The number of rotatable bonds is 0. The van der Waals surface area contributed by atoms with Crippen molar-refractivity contribution < 1.29 is 13.2 Å². The lowest BCUT2D eigenvalue weighted by Gasteiger charge is -2.37. The van der Waals surface area contributed by atoms with Gasteiger partial charge in [0, 0.05) is 0 Å². The minimum absolute atomic E-state index is 0.0559. The largest absolute Gasteiger partial charge is 0.394 e.